The van der Waals surface area contributed by atoms with E-state index in [1.54, 1.807) is 43.1 Å². The van der Waals surface area contributed by atoms with Gasteiger partial charge in [-0.3, -0.25) is 9.59 Å². The number of hydrogen-bond donors (Lipinski definition) is 0. The van der Waals surface area contributed by atoms with Crippen LogP contribution in [0.15, 0.2) is 49.1 Å². The van der Waals surface area contributed by atoms with Gasteiger partial charge in [0.05, 0.1) is 6.04 Å². The van der Waals surface area contributed by atoms with Gasteiger partial charge >= 0.3 is 0 Å². The molecule has 0 bridgehead atoms. The summed E-state index contributed by atoms with van der Waals surface area (Å²) in [7, 11) is 1.62. The number of halogens is 2. The highest BCUT2D eigenvalue weighted by Gasteiger charge is 2.30. The monoisotopic (exact) mass is 370 g/mol. The van der Waals surface area contributed by atoms with E-state index in [0.717, 1.165) is 6.07 Å². The fraction of sp³-hybridized carbons (Fsp3) is 0.238. The van der Waals surface area contributed by atoms with Gasteiger partial charge in [0.15, 0.2) is 0 Å². The third kappa shape index (κ3) is 3.47. The largest absolute Gasteiger partial charge is 0.332 e. The molecule has 1 atom stereocenters. The molecule has 0 saturated heterocycles. The summed E-state index contributed by atoms with van der Waals surface area (Å²) in [5.41, 5.74) is 2.05. The minimum Gasteiger partial charge on any atom is -0.332 e. The molecule has 0 radical (unpaired) electrons. The number of benzene rings is 2. The maximum atomic E-state index is 14.0. The van der Waals surface area contributed by atoms with Crippen LogP contribution in [0.2, 0.25) is 0 Å². The van der Waals surface area contributed by atoms with E-state index in [4.69, 9.17) is 0 Å². The lowest BCUT2D eigenvalue weighted by atomic mass is 9.92. The molecular formula is C21H20F2N2O2. The van der Waals surface area contributed by atoms with Gasteiger partial charge in [-0.1, -0.05) is 6.58 Å². The van der Waals surface area contributed by atoms with Gasteiger partial charge in [-0.25, -0.2) is 8.78 Å². The van der Waals surface area contributed by atoms with Crippen LogP contribution in [0, 0.1) is 11.6 Å². The Kier molecular flexibility index (Phi) is 5.08. The molecule has 2 amide bonds. The highest BCUT2D eigenvalue weighted by atomic mass is 19.1. The van der Waals surface area contributed by atoms with Crippen molar-refractivity contribution in [3.05, 3.63) is 77.4 Å². The molecule has 1 unspecified atom stereocenters. The molecule has 3 rings (SSSR count). The van der Waals surface area contributed by atoms with Crippen molar-refractivity contribution < 1.29 is 18.4 Å². The van der Waals surface area contributed by atoms with Crippen molar-refractivity contribution in [2.75, 3.05) is 18.5 Å². The zero-order valence-electron chi connectivity index (χ0n) is 15.2. The molecule has 27 heavy (non-hydrogen) atoms. The summed E-state index contributed by atoms with van der Waals surface area (Å²) >= 11 is 0. The van der Waals surface area contributed by atoms with E-state index in [9.17, 15) is 18.4 Å². The summed E-state index contributed by atoms with van der Waals surface area (Å²) in [4.78, 5) is 27.6. The maximum absolute atomic E-state index is 14.0. The van der Waals surface area contributed by atoms with E-state index < -0.39 is 17.7 Å². The Morgan fingerprint density at radius 3 is 2.52 bits per heavy atom. The Bertz CT molecular complexity index is 909. The number of nitrogens with zero attached hydrogens (tertiary/aromatic N) is 2. The molecule has 0 aromatic heterocycles. The Morgan fingerprint density at radius 1 is 1.22 bits per heavy atom. The predicted octanol–water partition coefficient (Wildman–Crippen LogP) is 3.87. The molecule has 1 heterocycles. The second-order valence-electron chi connectivity index (χ2n) is 6.53. The highest BCUT2D eigenvalue weighted by Crippen LogP contribution is 2.33. The number of carbonyl (C=O) groups is 2. The Balaban J connectivity index is 1.84. The number of anilines is 1. The first-order valence-electron chi connectivity index (χ1n) is 8.62. The average Bonchev–Trinajstić information content (AvgIpc) is 2.67. The Hall–Kier alpha value is -3.02. The van der Waals surface area contributed by atoms with Crippen LogP contribution >= 0.6 is 0 Å². The predicted molar refractivity (Wildman–Crippen MR) is 99.6 cm³/mol. The van der Waals surface area contributed by atoms with Crippen molar-refractivity contribution in [3.8, 4) is 0 Å². The van der Waals surface area contributed by atoms with Crippen LogP contribution in [0.3, 0.4) is 0 Å². The normalized spacial score (nSPS) is 15.9. The molecule has 140 valence electrons. The lowest BCUT2D eigenvalue weighted by Crippen LogP contribution is -2.39. The summed E-state index contributed by atoms with van der Waals surface area (Å²) in [6.07, 6.45) is 1.55. The number of fused-ring (bicyclic) bond motifs is 1. The molecule has 0 fully saturated rings. The third-order valence-electron chi connectivity index (χ3n) is 4.98. The molecular weight excluding hydrogens is 350 g/mol. The molecule has 0 aliphatic carbocycles. The van der Waals surface area contributed by atoms with Gasteiger partial charge in [0, 0.05) is 30.9 Å². The topological polar surface area (TPSA) is 40.6 Å². The Labute approximate surface area is 156 Å². The van der Waals surface area contributed by atoms with Gasteiger partial charge in [0.25, 0.3) is 5.91 Å². The maximum Gasteiger partial charge on any atom is 0.254 e. The summed E-state index contributed by atoms with van der Waals surface area (Å²) in [6, 6.07) is 8.37. The SMILES string of the molecule is C=CC(=O)N(C)c1ccc(C(=O)N2CCc3c(F)cc(F)cc3C2C)cc1. The van der Waals surface area contributed by atoms with Gasteiger partial charge in [-0.05, 0) is 60.9 Å². The first kappa shape index (κ1) is 18.8. The molecule has 0 N–H and O–H groups in total. The van der Waals surface area contributed by atoms with E-state index >= 15 is 0 Å². The minimum atomic E-state index is -0.647. The fourth-order valence-corrected chi connectivity index (χ4v) is 3.39. The van der Waals surface area contributed by atoms with Crippen molar-refractivity contribution in [1.29, 1.82) is 0 Å². The van der Waals surface area contributed by atoms with Crippen LogP contribution in [0.4, 0.5) is 14.5 Å². The lowest BCUT2D eigenvalue weighted by molar-refractivity contribution is -0.113. The van der Waals surface area contributed by atoms with E-state index in [-0.39, 0.29) is 11.8 Å². The van der Waals surface area contributed by atoms with E-state index in [1.165, 1.54) is 17.0 Å². The number of hydrogen-bond acceptors (Lipinski definition) is 2. The van der Waals surface area contributed by atoms with Crippen LogP contribution in [0.5, 0.6) is 0 Å². The average molecular weight is 370 g/mol. The van der Waals surface area contributed by atoms with Crippen molar-refractivity contribution >= 4 is 17.5 Å². The summed E-state index contributed by atoms with van der Waals surface area (Å²) in [5.74, 6) is -1.68. The first-order chi connectivity index (χ1) is 12.8. The third-order valence-corrected chi connectivity index (χ3v) is 4.98. The van der Waals surface area contributed by atoms with Gasteiger partial charge in [-0.2, -0.15) is 0 Å². The molecule has 0 saturated carbocycles. The van der Waals surface area contributed by atoms with Crippen LogP contribution < -0.4 is 4.90 Å². The molecule has 4 nitrogen and oxygen atoms in total. The number of likely N-dealkylation sites (N-methyl/N-ethyl adjacent to an activating group) is 1. The fourth-order valence-electron chi connectivity index (χ4n) is 3.39. The van der Waals surface area contributed by atoms with Crippen molar-refractivity contribution in [3.63, 3.8) is 0 Å². The lowest BCUT2D eigenvalue weighted by Gasteiger charge is -2.35. The van der Waals surface area contributed by atoms with E-state index in [0.29, 0.717) is 35.3 Å². The second kappa shape index (κ2) is 7.31. The minimum absolute atomic E-state index is 0.220. The van der Waals surface area contributed by atoms with Crippen molar-refractivity contribution in [2.45, 2.75) is 19.4 Å². The first-order valence-corrected chi connectivity index (χ1v) is 8.62. The quantitative estimate of drug-likeness (QED) is 0.770. The molecule has 1 aliphatic heterocycles. The zero-order chi connectivity index (χ0) is 19.7. The molecule has 2 aromatic carbocycles. The van der Waals surface area contributed by atoms with Crippen LogP contribution in [-0.2, 0) is 11.2 Å². The van der Waals surface area contributed by atoms with E-state index in [2.05, 4.69) is 6.58 Å². The molecule has 6 heteroatoms. The summed E-state index contributed by atoms with van der Waals surface area (Å²) in [5, 5.41) is 0. The van der Waals surface area contributed by atoms with E-state index in [1.807, 2.05) is 0 Å². The zero-order valence-corrected chi connectivity index (χ0v) is 15.2. The smallest absolute Gasteiger partial charge is 0.254 e. The van der Waals surface area contributed by atoms with Crippen LogP contribution in [0.25, 0.3) is 0 Å². The van der Waals surface area contributed by atoms with Crippen molar-refractivity contribution in [2.24, 2.45) is 0 Å². The Morgan fingerprint density at radius 2 is 1.89 bits per heavy atom. The summed E-state index contributed by atoms with van der Waals surface area (Å²) < 4.78 is 27.6. The van der Waals surface area contributed by atoms with Gasteiger partial charge in [-0.15, -0.1) is 0 Å². The van der Waals surface area contributed by atoms with Crippen molar-refractivity contribution in [1.82, 2.24) is 4.90 Å². The number of rotatable bonds is 3. The number of amides is 2. The molecule has 2 aromatic rings. The van der Waals surface area contributed by atoms with Crippen LogP contribution in [-0.4, -0.2) is 30.3 Å². The van der Waals surface area contributed by atoms with Gasteiger partial charge in [0.2, 0.25) is 5.91 Å². The molecule has 1 aliphatic rings. The second-order valence-corrected chi connectivity index (χ2v) is 6.53. The van der Waals surface area contributed by atoms with Gasteiger partial charge < -0.3 is 9.80 Å². The number of carbonyl (C=O) groups excluding carboxylic acids is 2. The van der Waals surface area contributed by atoms with Gasteiger partial charge in [0.1, 0.15) is 11.6 Å². The molecule has 0 spiro atoms. The highest BCUT2D eigenvalue weighted by molar-refractivity contribution is 6.01. The van der Waals surface area contributed by atoms with Crippen LogP contribution in [0.1, 0.15) is 34.5 Å². The summed E-state index contributed by atoms with van der Waals surface area (Å²) in [6.45, 7) is 5.56. The standard InChI is InChI=1S/C21H20F2N2O2/c1-4-20(26)24(3)16-7-5-14(6-8-16)21(27)25-10-9-17-18(13(25)2)11-15(22)12-19(17)23/h4-8,11-13H,1,9-10H2,2-3H3.